The number of halogens is 1. The molecule has 42 heavy (non-hydrogen) atoms. The Hall–Kier alpha value is -4.84. The molecule has 2 N–H and O–H groups in total. The lowest BCUT2D eigenvalue weighted by molar-refractivity contribution is -0.118. The van der Waals surface area contributed by atoms with Crippen LogP contribution in [0.3, 0.4) is 0 Å². The first-order valence-corrected chi connectivity index (χ1v) is 13.8. The van der Waals surface area contributed by atoms with Crippen LogP contribution in [0, 0.1) is 18.7 Å². The van der Waals surface area contributed by atoms with Crippen LogP contribution in [0.5, 0.6) is 11.5 Å². The molecule has 0 bridgehead atoms. The smallest absolute Gasteiger partial charge is 0.228 e. The molecular weight excluding hydrogens is 533 g/mol. The number of fused-ring (bicyclic) bond motifs is 2. The number of piperazine rings is 1. The number of carbonyl (C=O) groups excluding carboxylic acids is 1. The molecule has 1 saturated heterocycles. The van der Waals surface area contributed by atoms with Crippen molar-refractivity contribution in [3.8, 4) is 24.3 Å². The second-order valence-corrected chi connectivity index (χ2v) is 9.93. The highest BCUT2D eigenvalue weighted by atomic mass is 19.1. The van der Waals surface area contributed by atoms with E-state index in [1.54, 1.807) is 22.1 Å². The molecule has 1 amide bonds. The Morgan fingerprint density at radius 1 is 0.952 bits per heavy atom. The molecular formula is C33H36FN5O3. The van der Waals surface area contributed by atoms with Crippen molar-refractivity contribution in [2.24, 2.45) is 0 Å². The number of ether oxygens (including phenoxy) is 2. The van der Waals surface area contributed by atoms with Gasteiger partial charge in [0.2, 0.25) is 12.4 Å². The zero-order chi connectivity index (χ0) is 30.1. The largest absolute Gasteiger partial charge is 0.493 e. The van der Waals surface area contributed by atoms with E-state index in [1.165, 1.54) is 39.9 Å². The van der Waals surface area contributed by atoms with Crippen molar-refractivity contribution >= 4 is 29.1 Å². The molecule has 1 atom stereocenters. The summed E-state index contributed by atoms with van der Waals surface area (Å²) in [6.07, 6.45) is 14.2. The van der Waals surface area contributed by atoms with Crippen LogP contribution in [0.1, 0.15) is 35.6 Å². The molecule has 3 aromatic carbocycles. The first-order valence-electron chi connectivity index (χ1n) is 13.8. The molecule has 1 aliphatic carbocycles. The number of terminal acetylenes is 1. The van der Waals surface area contributed by atoms with Crippen LogP contribution in [-0.4, -0.2) is 55.1 Å². The molecule has 1 fully saturated rings. The van der Waals surface area contributed by atoms with E-state index < -0.39 is 5.82 Å². The minimum absolute atomic E-state index is 0.0422. The van der Waals surface area contributed by atoms with E-state index in [4.69, 9.17) is 15.2 Å². The summed E-state index contributed by atoms with van der Waals surface area (Å²) in [6.45, 7) is 1.45. The van der Waals surface area contributed by atoms with Gasteiger partial charge in [-0.25, -0.2) is 9.37 Å². The number of methoxy groups -OCH3 is 2. The van der Waals surface area contributed by atoms with Gasteiger partial charge in [0.25, 0.3) is 0 Å². The molecule has 2 heterocycles. The van der Waals surface area contributed by atoms with Gasteiger partial charge in [0, 0.05) is 25.0 Å². The molecule has 6 rings (SSSR count). The maximum atomic E-state index is 15.2. The van der Waals surface area contributed by atoms with Gasteiger partial charge in [0.05, 0.1) is 20.3 Å². The SMILES string of the molecule is C#C.COc1cc2c(N)nc(N3CCN(C=O)C[C@@H]3c3ccccc3)nc2c(F)c1OC.c1ccc2c(c1)CCCC2. The van der Waals surface area contributed by atoms with Gasteiger partial charge in [-0.3, -0.25) is 4.79 Å². The van der Waals surface area contributed by atoms with Gasteiger partial charge in [0.1, 0.15) is 11.3 Å². The zero-order valence-corrected chi connectivity index (χ0v) is 24.0. The first-order chi connectivity index (χ1) is 20.5. The van der Waals surface area contributed by atoms with Crippen LogP contribution >= 0.6 is 0 Å². The average molecular weight is 570 g/mol. The number of nitrogens with zero attached hydrogens (tertiary/aromatic N) is 4. The normalized spacial score (nSPS) is 15.8. The van der Waals surface area contributed by atoms with E-state index in [1.807, 2.05) is 35.2 Å². The van der Waals surface area contributed by atoms with Crippen molar-refractivity contribution in [3.63, 3.8) is 0 Å². The Bertz CT molecular complexity index is 1500. The van der Waals surface area contributed by atoms with Crippen LogP contribution in [-0.2, 0) is 17.6 Å². The Morgan fingerprint density at radius 3 is 2.19 bits per heavy atom. The van der Waals surface area contributed by atoms with E-state index >= 15 is 4.39 Å². The lowest BCUT2D eigenvalue weighted by Crippen LogP contribution is -2.48. The average Bonchev–Trinajstić information content (AvgIpc) is 3.06. The monoisotopic (exact) mass is 569 g/mol. The van der Waals surface area contributed by atoms with Crippen LogP contribution < -0.4 is 20.1 Å². The van der Waals surface area contributed by atoms with Crippen LogP contribution in [0.4, 0.5) is 16.2 Å². The van der Waals surface area contributed by atoms with E-state index in [0.717, 1.165) is 12.0 Å². The molecule has 218 valence electrons. The summed E-state index contributed by atoms with van der Waals surface area (Å²) in [5.74, 6) is -0.0539. The van der Waals surface area contributed by atoms with Crippen molar-refractivity contribution in [2.45, 2.75) is 31.7 Å². The molecule has 2 aliphatic rings. The number of hydrogen-bond donors (Lipinski definition) is 1. The van der Waals surface area contributed by atoms with Gasteiger partial charge in [-0.2, -0.15) is 4.98 Å². The van der Waals surface area contributed by atoms with E-state index in [0.29, 0.717) is 31.0 Å². The fourth-order valence-electron chi connectivity index (χ4n) is 5.44. The van der Waals surface area contributed by atoms with Crippen molar-refractivity contribution in [1.82, 2.24) is 14.9 Å². The summed E-state index contributed by atoms with van der Waals surface area (Å²) in [5.41, 5.74) is 10.4. The van der Waals surface area contributed by atoms with Crippen molar-refractivity contribution in [1.29, 1.82) is 0 Å². The second-order valence-electron chi connectivity index (χ2n) is 9.93. The maximum Gasteiger partial charge on any atom is 0.228 e. The van der Waals surface area contributed by atoms with Gasteiger partial charge >= 0.3 is 0 Å². The van der Waals surface area contributed by atoms with Crippen molar-refractivity contribution in [3.05, 3.63) is 83.2 Å². The number of hydrogen-bond acceptors (Lipinski definition) is 7. The van der Waals surface area contributed by atoms with Crippen LogP contribution in [0.2, 0.25) is 0 Å². The summed E-state index contributed by atoms with van der Waals surface area (Å²) in [6, 6.07) is 19.9. The summed E-state index contributed by atoms with van der Waals surface area (Å²) in [7, 11) is 2.79. The summed E-state index contributed by atoms with van der Waals surface area (Å²) in [4.78, 5) is 23.9. The summed E-state index contributed by atoms with van der Waals surface area (Å²) >= 11 is 0. The minimum Gasteiger partial charge on any atom is -0.493 e. The van der Waals surface area contributed by atoms with Gasteiger partial charge in [0.15, 0.2) is 17.3 Å². The highest BCUT2D eigenvalue weighted by molar-refractivity contribution is 5.92. The van der Waals surface area contributed by atoms with Gasteiger partial charge in [-0.15, -0.1) is 12.8 Å². The Labute approximate surface area is 246 Å². The zero-order valence-electron chi connectivity index (χ0n) is 24.0. The predicted molar refractivity (Wildman–Crippen MR) is 164 cm³/mol. The Morgan fingerprint density at radius 2 is 1.60 bits per heavy atom. The molecule has 1 aliphatic heterocycles. The molecule has 0 unspecified atom stereocenters. The van der Waals surface area contributed by atoms with E-state index in [2.05, 4.69) is 47.1 Å². The molecule has 0 saturated carbocycles. The molecule has 9 heteroatoms. The van der Waals surface area contributed by atoms with Crippen LogP contribution in [0.15, 0.2) is 60.7 Å². The van der Waals surface area contributed by atoms with Gasteiger partial charge < -0.3 is 25.0 Å². The van der Waals surface area contributed by atoms with E-state index in [9.17, 15) is 4.79 Å². The highest BCUT2D eigenvalue weighted by Gasteiger charge is 2.31. The third-order valence-corrected chi connectivity index (χ3v) is 7.56. The molecule has 4 aromatic rings. The van der Waals surface area contributed by atoms with E-state index in [-0.39, 0.29) is 28.9 Å². The second kappa shape index (κ2) is 14.2. The summed E-state index contributed by atoms with van der Waals surface area (Å²) in [5, 5.41) is 0.344. The standard InChI is InChI=1S/C21H22FN5O3.C10H12.C2H2/c1-29-16-10-14-18(17(22)19(16)30-2)24-21(25-20(14)23)27-9-8-26(12-28)11-15(27)13-6-4-3-5-7-13;1-2-6-10-8-4-3-7-9(10)5-1;1-2/h3-7,10,12,15H,8-9,11H2,1-2H3,(H2,23,24,25);1-2,5-6H,3-4,7-8H2;1-2H/t15-;;/m1../s1. The third-order valence-electron chi connectivity index (χ3n) is 7.56. The number of amides is 1. The van der Waals surface area contributed by atoms with Crippen molar-refractivity contribution < 1.29 is 18.7 Å². The number of benzene rings is 3. The number of aromatic nitrogens is 2. The number of nitrogens with two attached hydrogens (primary N) is 1. The first kappa shape index (κ1) is 30.1. The Balaban J connectivity index is 0.000000281. The fourth-order valence-corrected chi connectivity index (χ4v) is 5.44. The van der Waals surface area contributed by atoms with Crippen molar-refractivity contribution in [2.75, 3.05) is 44.5 Å². The predicted octanol–water partition coefficient (Wildman–Crippen LogP) is 5.20. The highest BCUT2D eigenvalue weighted by Crippen LogP contribution is 2.38. The molecule has 0 radical (unpaired) electrons. The lowest BCUT2D eigenvalue weighted by atomic mass is 9.92. The Kier molecular flexibility index (Phi) is 10.2. The maximum absolute atomic E-state index is 15.2. The number of anilines is 2. The topological polar surface area (TPSA) is 93.8 Å². The van der Waals surface area contributed by atoms with Gasteiger partial charge in [-0.05, 0) is 48.4 Å². The quantitative estimate of drug-likeness (QED) is 0.261. The van der Waals surface area contributed by atoms with Crippen LogP contribution in [0.25, 0.3) is 10.9 Å². The molecule has 0 spiro atoms. The number of nitrogen functional groups attached to an aromatic ring is 1. The molecule has 1 aromatic heterocycles. The molecule has 8 nitrogen and oxygen atoms in total. The van der Waals surface area contributed by atoms with Gasteiger partial charge in [-0.1, -0.05) is 54.6 Å². The number of aryl methyl sites for hydroxylation is 2. The number of rotatable bonds is 5. The third kappa shape index (κ3) is 6.39. The fraction of sp³-hybridized carbons (Fsp3) is 0.303. The lowest BCUT2D eigenvalue weighted by Gasteiger charge is -2.40. The minimum atomic E-state index is -0.662. The summed E-state index contributed by atoms with van der Waals surface area (Å²) < 4.78 is 25.5. The number of carbonyl (C=O) groups is 1.